The summed E-state index contributed by atoms with van der Waals surface area (Å²) in [6.45, 7) is 5.18. The molecule has 0 atom stereocenters. The fourth-order valence-electron chi connectivity index (χ4n) is 4.84. The molecule has 1 aliphatic heterocycles. The van der Waals surface area contributed by atoms with Crippen LogP contribution in [-0.4, -0.2) is 60.2 Å². The number of aromatic nitrogens is 6. The average molecular weight is 512 g/mol. The summed E-state index contributed by atoms with van der Waals surface area (Å²) in [6.07, 6.45) is 5.02. The largest absolute Gasteiger partial charge is 0.361 e. The molecular formula is C28H29N7OS. The SMILES string of the molecule is Cc1cc(-c2ccc3c(c2)CCN(CCCSc2nnc(-c4cnc5ccccc5n4)n2C)CC3)no1. The maximum atomic E-state index is 5.26. The Morgan fingerprint density at radius 2 is 1.78 bits per heavy atom. The van der Waals surface area contributed by atoms with Crippen LogP contribution in [0.5, 0.6) is 0 Å². The minimum Gasteiger partial charge on any atom is -0.361 e. The lowest BCUT2D eigenvalue weighted by atomic mass is 9.99. The van der Waals surface area contributed by atoms with E-state index < -0.39 is 0 Å². The molecule has 9 heteroatoms. The van der Waals surface area contributed by atoms with Crippen LogP contribution >= 0.6 is 11.8 Å². The highest BCUT2D eigenvalue weighted by atomic mass is 32.2. The van der Waals surface area contributed by atoms with E-state index in [1.54, 1.807) is 18.0 Å². The topological polar surface area (TPSA) is 85.8 Å². The number of thioether (sulfide) groups is 1. The molecule has 0 saturated carbocycles. The minimum atomic E-state index is 0.742. The van der Waals surface area contributed by atoms with E-state index in [0.29, 0.717) is 0 Å². The van der Waals surface area contributed by atoms with Crippen molar-refractivity contribution in [2.24, 2.45) is 7.05 Å². The number of hydrogen-bond acceptors (Lipinski definition) is 8. The highest BCUT2D eigenvalue weighted by molar-refractivity contribution is 7.99. The van der Waals surface area contributed by atoms with Crippen molar-refractivity contribution in [1.82, 2.24) is 34.8 Å². The monoisotopic (exact) mass is 511 g/mol. The van der Waals surface area contributed by atoms with E-state index in [9.17, 15) is 0 Å². The summed E-state index contributed by atoms with van der Waals surface area (Å²) < 4.78 is 7.28. The molecule has 0 N–H and O–H groups in total. The van der Waals surface area contributed by atoms with Crippen molar-refractivity contribution < 1.29 is 4.52 Å². The van der Waals surface area contributed by atoms with Gasteiger partial charge in [-0.3, -0.25) is 4.98 Å². The van der Waals surface area contributed by atoms with Crippen molar-refractivity contribution in [2.75, 3.05) is 25.4 Å². The molecule has 0 bridgehead atoms. The first-order valence-electron chi connectivity index (χ1n) is 12.7. The zero-order valence-electron chi connectivity index (χ0n) is 21.1. The van der Waals surface area contributed by atoms with Crippen molar-refractivity contribution in [3.05, 3.63) is 71.6 Å². The fraction of sp³-hybridized carbons (Fsp3) is 0.321. The molecule has 0 aliphatic carbocycles. The van der Waals surface area contributed by atoms with Crippen LogP contribution < -0.4 is 0 Å². The minimum absolute atomic E-state index is 0.742. The van der Waals surface area contributed by atoms with Crippen LogP contribution in [-0.2, 0) is 19.9 Å². The Morgan fingerprint density at radius 1 is 0.946 bits per heavy atom. The van der Waals surface area contributed by atoms with Crippen LogP contribution in [0.2, 0.25) is 0 Å². The van der Waals surface area contributed by atoms with Crippen LogP contribution in [0.3, 0.4) is 0 Å². The van der Waals surface area contributed by atoms with Gasteiger partial charge in [-0.05, 0) is 62.1 Å². The third kappa shape index (κ3) is 5.14. The molecule has 6 rings (SSSR count). The van der Waals surface area contributed by atoms with Gasteiger partial charge in [0.15, 0.2) is 11.0 Å². The van der Waals surface area contributed by atoms with Crippen molar-refractivity contribution in [3.8, 4) is 22.8 Å². The van der Waals surface area contributed by atoms with Gasteiger partial charge in [0.1, 0.15) is 17.1 Å². The fourth-order valence-corrected chi connectivity index (χ4v) is 5.67. The summed E-state index contributed by atoms with van der Waals surface area (Å²) in [4.78, 5) is 11.8. The predicted molar refractivity (Wildman–Crippen MR) is 145 cm³/mol. The number of rotatable bonds is 7. The standard InChI is InChI=1S/C28H29N7OS/c1-19-16-25(33-36-19)22-9-8-20-10-13-35(14-11-21(20)17-22)12-5-15-37-28-32-31-27(34(28)2)26-18-29-23-6-3-4-7-24(23)30-26/h3-4,6-9,16-18H,5,10-15H2,1-2H3. The first-order chi connectivity index (χ1) is 18.1. The second-order valence-electron chi connectivity index (χ2n) is 9.46. The van der Waals surface area contributed by atoms with Crippen molar-refractivity contribution in [2.45, 2.75) is 31.3 Å². The Balaban J connectivity index is 1.02. The summed E-state index contributed by atoms with van der Waals surface area (Å²) in [5, 5.41) is 13.9. The van der Waals surface area contributed by atoms with Crippen LogP contribution in [0, 0.1) is 6.92 Å². The van der Waals surface area contributed by atoms with Gasteiger partial charge in [0.25, 0.3) is 0 Å². The zero-order valence-corrected chi connectivity index (χ0v) is 21.9. The lowest BCUT2D eigenvalue weighted by Gasteiger charge is -2.19. The Kier molecular flexibility index (Phi) is 6.72. The molecular weight excluding hydrogens is 482 g/mol. The number of aryl methyl sites for hydroxylation is 1. The Hall–Kier alpha value is -3.56. The molecule has 0 radical (unpaired) electrons. The molecule has 4 heterocycles. The normalized spacial score (nSPS) is 14.1. The third-order valence-corrected chi connectivity index (χ3v) is 7.99. The van der Waals surface area contributed by atoms with E-state index in [4.69, 9.17) is 9.51 Å². The van der Waals surface area contributed by atoms with E-state index in [0.717, 1.165) is 89.4 Å². The Bertz CT molecular complexity index is 1540. The van der Waals surface area contributed by atoms with E-state index in [1.807, 2.05) is 48.9 Å². The van der Waals surface area contributed by atoms with Gasteiger partial charge in [0.05, 0.1) is 17.2 Å². The first kappa shape index (κ1) is 23.8. The smallest absolute Gasteiger partial charge is 0.191 e. The maximum Gasteiger partial charge on any atom is 0.191 e. The molecule has 0 spiro atoms. The predicted octanol–water partition coefficient (Wildman–Crippen LogP) is 4.97. The summed E-state index contributed by atoms with van der Waals surface area (Å²) in [5.74, 6) is 2.58. The van der Waals surface area contributed by atoms with Crippen LogP contribution in [0.15, 0.2) is 64.4 Å². The molecule has 1 aliphatic rings. The number of para-hydroxylation sites is 2. The van der Waals surface area contributed by atoms with Crippen molar-refractivity contribution in [1.29, 1.82) is 0 Å². The number of fused-ring (bicyclic) bond motifs is 2. The van der Waals surface area contributed by atoms with E-state index in [-0.39, 0.29) is 0 Å². The second-order valence-corrected chi connectivity index (χ2v) is 10.5. The Labute approximate surface area is 220 Å². The maximum absolute atomic E-state index is 5.26. The van der Waals surface area contributed by atoms with Gasteiger partial charge in [0, 0.05) is 37.5 Å². The quantitative estimate of drug-likeness (QED) is 0.224. The van der Waals surface area contributed by atoms with Crippen LogP contribution in [0.4, 0.5) is 0 Å². The van der Waals surface area contributed by atoms with Crippen molar-refractivity contribution in [3.63, 3.8) is 0 Å². The van der Waals surface area contributed by atoms with E-state index >= 15 is 0 Å². The molecule has 5 aromatic rings. The molecule has 37 heavy (non-hydrogen) atoms. The highest BCUT2D eigenvalue weighted by Gasteiger charge is 2.17. The molecule has 3 aromatic heterocycles. The Morgan fingerprint density at radius 3 is 2.62 bits per heavy atom. The first-order valence-corrected chi connectivity index (χ1v) is 13.6. The van der Waals surface area contributed by atoms with Gasteiger partial charge < -0.3 is 14.0 Å². The number of hydrogen-bond donors (Lipinski definition) is 0. The van der Waals surface area contributed by atoms with E-state index in [2.05, 4.69) is 43.4 Å². The van der Waals surface area contributed by atoms with Gasteiger partial charge in [-0.1, -0.05) is 41.2 Å². The summed E-state index contributed by atoms with van der Waals surface area (Å²) >= 11 is 1.75. The lowest BCUT2D eigenvalue weighted by Crippen LogP contribution is -2.27. The third-order valence-electron chi connectivity index (χ3n) is 6.89. The average Bonchev–Trinajstić information content (AvgIpc) is 3.46. The van der Waals surface area contributed by atoms with E-state index in [1.165, 1.54) is 11.1 Å². The summed E-state index contributed by atoms with van der Waals surface area (Å²) in [5.41, 5.74) is 7.41. The number of nitrogens with zero attached hydrogens (tertiary/aromatic N) is 7. The highest BCUT2D eigenvalue weighted by Crippen LogP contribution is 2.26. The summed E-state index contributed by atoms with van der Waals surface area (Å²) in [6, 6.07) is 16.6. The molecule has 8 nitrogen and oxygen atoms in total. The van der Waals surface area contributed by atoms with Gasteiger partial charge >= 0.3 is 0 Å². The number of benzene rings is 2. The summed E-state index contributed by atoms with van der Waals surface area (Å²) in [7, 11) is 2.00. The zero-order chi connectivity index (χ0) is 25.2. The van der Waals surface area contributed by atoms with Crippen LogP contribution in [0.1, 0.15) is 23.3 Å². The van der Waals surface area contributed by atoms with Crippen molar-refractivity contribution >= 4 is 22.8 Å². The lowest BCUT2D eigenvalue weighted by molar-refractivity contribution is 0.289. The second kappa shape index (κ2) is 10.4. The molecule has 0 amide bonds. The molecule has 0 fully saturated rings. The molecule has 2 aromatic carbocycles. The van der Waals surface area contributed by atoms with Gasteiger partial charge in [-0.15, -0.1) is 10.2 Å². The molecule has 0 saturated heterocycles. The van der Waals surface area contributed by atoms with Gasteiger partial charge in [0.2, 0.25) is 0 Å². The van der Waals surface area contributed by atoms with Gasteiger partial charge in [-0.25, -0.2) is 4.98 Å². The van der Waals surface area contributed by atoms with Crippen LogP contribution in [0.25, 0.3) is 33.8 Å². The molecule has 0 unspecified atom stereocenters. The van der Waals surface area contributed by atoms with Gasteiger partial charge in [-0.2, -0.15) is 0 Å². The molecule has 188 valence electrons.